The summed E-state index contributed by atoms with van der Waals surface area (Å²) in [6.07, 6.45) is 4.31. The number of aromatic nitrogens is 8. The zero-order valence-electron chi connectivity index (χ0n) is 49.1. The highest BCUT2D eigenvalue weighted by Gasteiger charge is 2.59. The van der Waals surface area contributed by atoms with Gasteiger partial charge in [0.1, 0.15) is 47.2 Å². The van der Waals surface area contributed by atoms with E-state index < -0.39 is 107 Å². The Hall–Kier alpha value is -3.26. The molecule has 0 bridgehead atoms. The van der Waals surface area contributed by atoms with Crippen molar-refractivity contribution in [1.29, 1.82) is 0 Å². The van der Waals surface area contributed by atoms with Crippen LogP contribution in [0.4, 0.5) is 21.2 Å². The third kappa shape index (κ3) is 15.5. The smallest absolute Gasteiger partial charge is 0.416 e. The van der Waals surface area contributed by atoms with Crippen molar-refractivity contribution in [3.63, 3.8) is 0 Å². The molecule has 4 saturated heterocycles. The lowest BCUT2D eigenvalue weighted by molar-refractivity contribution is -0.195. The summed E-state index contributed by atoms with van der Waals surface area (Å²) in [6, 6.07) is -0.208. The average molecular weight is 1280 g/mol. The van der Waals surface area contributed by atoms with Crippen molar-refractivity contribution in [2.24, 2.45) is 0 Å². The normalized spacial score (nSPS) is 26.4. The van der Waals surface area contributed by atoms with E-state index in [1.54, 1.807) is 80.4 Å². The van der Waals surface area contributed by atoms with Crippen LogP contribution in [0.3, 0.4) is 0 Å². The predicted molar refractivity (Wildman–Crippen MR) is 320 cm³/mol. The minimum absolute atomic E-state index is 0. The zero-order chi connectivity index (χ0) is 59.9. The molecule has 2 saturated carbocycles. The van der Waals surface area contributed by atoms with Gasteiger partial charge in [-0.05, 0) is 145 Å². The number of carbonyl (C=O) groups excluding carboxylic acids is 2. The zero-order valence-corrected chi connectivity index (χ0v) is 54.0. The Morgan fingerprint density at radius 1 is 0.663 bits per heavy atom. The fourth-order valence-electron chi connectivity index (χ4n) is 11.4. The lowest BCUT2D eigenvalue weighted by Gasteiger charge is -2.31. The Kier molecular flexibility index (Phi) is 19.3. The molecule has 30 heteroatoms. The SMILES string of the molecule is C.CC(C)(C)OC(=O)N(c1nc(Cl)nc2c1cnn2[C@@H]1O[C@H](CS(=O)(=O)CP(C)(C)=O)[C@H]2OC(C)(C)O[C@H]21)C1CCCC1.CC(C)(C)OC(=O)N(c1nc(Cl)nc2c1cnn2[C@@H]1O[C@H](CSCP(C)(C)=O)[C@H]2OC(C)(C)O[C@H]21)C1CCCC1. The Bertz CT molecular complexity index is 3240. The fraction of sp³-hybridized carbons (Fsp3) is 0.774. The second-order valence-corrected chi connectivity index (χ2v) is 37.4. The molecule has 4 aliphatic heterocycles. The van der Waals surface area contributed by atoms with Gasteiger partial charge in [-0.25, -0.2) is 27.4 Å². The molecule has 2 aliphatic carbocycles. The van der Waals surface area contributed by atoms with Crippen molar-refractivity contribution in [3.05, 3.63) is 23.0 Å². The van der Waals surface area contributed by atoms with Crippen LogP contribution >= 0.6 is 49.2 Å². The van der Waals surface area contributed by atoms with E-state index in [-0.39, 0.29) is 53.8 Å². The van der Waals surface area contributed by atoms with Gasteiger partial charge in [0.2, 0.25) is 10.6 Å². The summed E-state index contributed by atoms with van der Waals surface area (Å²) in [5.41, 5.74) is -0.583. The molecule has 0 unspecified atom stereocenters. The highest BCUT2D eigenvalue weighted by atomic mass is 35.5. The number of halogens is 2. The number of ether oxygens (including phenoxy) is 8. The number of rotatable bonds is 14. The predicted octanol–water partition coefficient (Wildman–Crippen LogP) is 11.1. The molecule has 6 fully saturated rings. The number of fused-ring (bicyclic) bond motifs is 4. The standard InChI is InChI=1S/C26H39ClN5O8PS.C26H39ClN5O6PS.CH4/c1-25(2,3)40-24(33)31(15-10-8-9-11-15)20-16-12-28-32(21(16)30-23(27)29-20)22-19-18(38-26(4,5)39-19)17(37-22)13-42(35,36)14-41(6,7)34;1-25(2,3)38-24(33)31(15-10-8-9-11-15)20-16-12-28-32(21(16)30-23(27)29-20)22-19-18(36-26(4,5)37-19)17(35-22)13-40-14-39(6,7)34;/h12,15,17-19,22H,8-11,13-14H2,1-7H3;12,15,17-19,22H,8-11,13-14H2,1-7H3;1H4/t2*17-,18-,19-,22-;/m11./s1. The molecular formula is C53H82Cl2N10O14P2S2. The summed E-state index contributed by atoms with van der Waals surface area (Å²) in [7, 11) is -8.78. The van der Waals surface area contributed by atoms with Crippen molar-refractivity contribution >= 4 is 105 Å². The summed E-state index contributed by atoms with van der Waals surface area (Å²) in [6.45, 7) is 24.6. The molecule has 0 spiro atoms. The number of hydrogen-bond acceptors (Lipinski definition) is 21. The van der Waals surface area contributed by atoms with E-state index in [1.807, 2.05) is 34.6 Å². The van der Waals surface area contributed by atoms with E-state index in [0.29, 0.717) is 33.5 Å². The van der Waals surface area contributed by atoms with Crippen LogP contribution in [0.15, 0.2) is 12.4 Å². The first kappa shape index (κ1) is 65.7. The van der Waals surface area contributed by atoms with E-state index in [1.165, 1.54) is 24.2 Å². The number of thioether (sulfide) groups is 1. The number of nitrogens with zero attached hydrogens (tertiary/aromatic N) is 10. The molecule has 2 amide bonds. The van der Waals surface area contributed by atoms with Crippen LogP contribution in [-0.2, 0) is 56.9 Å². The fourth-order valence-corrected chi connectivity index (χ4v) is 19.4. The number of hydrogen-bond donors (Lipinski definition) is 0. The summed E-state index contributed by atoms with van der Waals surface area (Å²) < 4.78 is 103. The molecule has 24 nitrogen and oxygen atoms in total. The highest BCUT2D eigenvalue weighted by Crippen LogP contribution is 2.49. The van der Waals surface area contributed by atoms with Crippen molar-refractivity contribution in [3.8, 4) is 0 Å². The molecule has 4 aromatic heterocycles. The van der Waals surface area contributed by atoms with E-state index in [0.717, 1.165) is 51.4 Å². The van der Waals surface area contributed by atoms with Crippen LogP contribution in [0.25, 0.3) is 22.1 Å². The van der Waals surface area contributed by atoms with Gasteiger partial charge in [0.15, 0.2) is 56.8 Å². The summed E-state index contributed by atoms with van der Waals surface area (Å²) in [5.74, 6) is -0.976. The molecule has 6 aliphatic rings. The topological polar surface area (TPSA) is 270 Å². The number of sulfone groups is 1. The minimum atomic E-state index is -3.75. The Morgan fingerprint density at radius 3 is 1.43 bits per heavy atom. The first-order chi connectivity index (χ1) is 37.9. The number of anilines is 2. The molecule has 4 aromatic rings. The van der Waals surface area contributed by atoms with Gasteiger partial charge in [-0.1, -0.05) is 33.1 Å². The third-order valence-corrected chi connectivity index (χ3v) is 23.2. The van der Waals surface area contributed by atoms with Gasteiger partial charge >= 0.3 is 12.2 Å². The molecule has 464 valence electrons. The number of carbonyl (C=O) groups is 2. The number of amides is 2. The first-order valence-electron chi connectivity index (χ1n) is 27.7. The molecule has 0 radical (unpaired) electrons. The largest absolute Gasteiger partial charge is 0.443 e. The van der Waals surface area contributed by atoms with Gasteiger partial charge in [0.05, 0.1) is 49.3 Å². The molecule has 0 aromatic carbocycles. The highest BCUT2D eigenvalue weighted by molar-refractivity contribution is 8.05. The minimum Gasteiger partial charge on any atom is -0.443 e. The Balaban J connectivity index is 0.000000215. The van der Waals surface area contributed by atoms with E-state index in [4.69, 9.17) is 61.1 Å². The van der Waals surface area contributed by atoms with Crippen LogP contribution in [0.2, 0.25) is 10.6 Å². The first-order valence-corrected chi connectivity index (χ1v) is 37.0. The van der Waals surface area contributed by atoms with Gasteiger partial charge in [-0.3, -0.25) is 9.80 Å². The molecule has 8 atom stereocenters. The van der Waals surface area contributed by atoms with Crippen LogP contribution in [0, 0.1) is 0 Å². The molecule has 8 heterocycles. The van der Waals surface area contributed by atoms with Gasteiger partial charge in [0.25, 0.3) is 0 Å². The van der Waals surface area contributed by atoms with Crippen molar-refractivity contribution in [1.82, 2.24) is 39.5 Å². The van der Waals surface area contributed by atoms with Gasteiger partial charge in [-0.15, -0.1) is 0 Å². The van der Waals surface area contributed by atoms with E-state index >= 15 is 0 Å². The van der Waals surface area contributed by atoms with Crippen LogP contribution in [0.5, 0.6) is 0 Å². The molecule has 83 heavy (non-hydrogen) atoms. The van der Waals surface area contributed by atoms with Crippen molar-refractivity contribution in [2.75, 3.05) is 59.0 Å². The van der Waals surface area contributed by atoms with E-state index in [2.05, 4.69) is 30.1 Å². The molecular weight excluding hydrogens is 1200 g/mol. The summed E-state index contributed by atoms with van der Waals surface area (Å²) in [5, 5.41) is 10.1. The average Bonchev–Trinajstić information content (AvgIpc) is 2.16. The summed E-state index contributed by atoms with van der Waals surface area (Å²) in [4.78, 5) is 48.0. The molecule has 10 rings (SSSR count). The van der Waals surface area contributed by atoms with Gasteiger partial charge in [-0.2, -0.15) is 41.9 Å². The monoisotopic (exact) mass is 1280 g/mol. The Morgan fingerprint density at radius 2 is 1.05 bits per heavy atom. The lowest BCUT2D eigenvalue weighted by atomic mass is 10.1. The second kappa shape index (κ2) is 24.4. The molecule has 0 N–H and O–H groups in total. The van der Waals surface area contributed by atoms with Crippen LogP contribution in [-0.4, -0.2) is 181 Å². The lowest BCUT2D eigenvalue weighted by Crippen LogP contribution is -2.43. The maximum atomic E-state index is 13.5. The third-order valence-electron chi connectivity index (χ3n) is 14.2. The van der Waals surface area contributed by atoms with Crippen LogP contribution in [0.1, 0.15) is 140 Å². The quantitative estimate of drug-likeness (QED) is 0.0838. The van der Waals surface area contributed by atoms with Crippen LogP contribution < -0.4 is 9.80 Å². The van der Waals surface area contributed by atoms with Gasteiger partial charge in [0, 0.05) is 23.3 Å². The van der Waals surface area contributed by atoms with E-state index in [9.17, 15) is 27.1 Å². The van der Waals surface area contributed by atoms with Crippen molar-refractivity contribution in [2.45, 2.75) is 212 Å². The van der Waals surface area contributed by atoms with Crippen molar-refractivity contribution < 1.29 is 65.0 Å². The Labute approximate surface area is 500 Å². The maximum Gasteiger partial charge on any atom is 0.416 e. The summed E-state index contributed by atoms with van der Waals surface area (Å²) >= 11 is 14.5. The van der Waals surface area contributed by atoms with Gasteiger partial charge < -0.3 is 47.0 Å². The maximum absolute atomic E-state index is 13.5. The second-order valence-electron chi connectivity index (χ2n) is 25.8.